The molecule has 2 rings (SSSR count). The molecule has 2 N–H and O–H groups in total. The highest BCUT2D eigenvalue weighted by Gasteiger charge is 2.34. The zero-order chi connectivity index (χ0) is 11.9. The van der Waals surface area contributed by atoms with E-state index in [1.807, 2.05) is 0 Å². The molecule has 0 aromatic heterocycles. The molecule has 1 aliphatic rings. The van der Waals surface area contributed by atoms with Crippen molar-refractivity contribution in [1.29, 1.82) is 0 Å². The molecule has 4 nitrogen and oxygen atoms in total. The van der Waals surface area contributed by atoms with Gasteiger partial charge in [0.1, 0.15) is 5.02 Å². The molecule has 0 spiro atoms. The quantitative estimate of drug-likeness (QED) is 0.670. The summed E-state index contributed by atoms with van der Waals surface area (Å²) in [5.74, 6) is 0.344. The average molecular weight is 261 g/mol. The van der Waals surface area contributed by atoms with Crippen LogP contribution in [0.25, 0.3) is 0 Å². The zero-order valence-electron chi connectivity index (χ0n) is 8.32. The lowest BCUT2D eigenvalue weighted by Crippen LogP contribution is -2.14. The van der Waals surface area contributed by atoms with Gasteiger partial charge in [-0.2, -0.15) is 0 Å². The van der Waals surface area contributed by atoms with Gasteiger partial charge in [-0.3, -0.25) is 10.1 Å². The van der Waals surface area contributed by atoms with Crippen LogP contribution in [0, 0.1) is 16.0 Å². The Morgan fingerprint density at radius 1 is 1.44 bits per heavy atom. The van der Waals surface area contributed by atoms with E-state index in [0.717, 1.165) is 12.8 Å². The van der Waals surface area contributed by atoms with Gasteiger partial charge >= 0.3 is 0 Å². The van der Waals surface area contributed by atoms with E-state index >= 15 is 0 Å². The van der Waals surface area contributed by atoms with Crippen molar-refractivity contribution in [3.05, 3.63) is 37.9 Å². The van der Waals surface area contributed by atoms with Crippen molar-refractivity contribution in [3.8, 4) is 0 Å². The largest absolute Gasteiger partial charge is 0.324 e. The minimum Gasteiger partial charge on any atom is -0.324 e. The lowest BCUT2D eigenvalue weighted by atomic mass is 10.0. The van der Waals surface area contributed by atoms with E-state index in [2.05, 4.69) is 0 Å². The highest BCUT2D eigenvalue weighted by atomic mass is 35.5. The van der Waals surface area contributed by atoms with Gasteiger partial charge in [0.05, 0.1) is 4.92 Å². The monoisotopic (exact) mass is 260 g/mol. The predicted molar refractivity (Wildman–Crippen MR) is 62.8 cm³/mol. The van der Waals surface area contributed by atoms with E-state index in [9.17, 15) is 10.1 Å². The van der Waals surface area contributed by atoms with Crippen molar-refractivity contribution in [3.63, 3.8) is 0 Å². The molecule has 86 valence electrons. The first-order valence-electron chi connectivity index (χ1n) is 4.90. The summed E-state index contributed by atoms with van der Waals surface area (Å²) in [6.07, 6.45) is 2.05. The molecule has 1 aliphatic carbocycles. The van der Waals surface area contributed by atoms with Crippen LogP contribution < -0.4 is 5.73 Å². The molecule has 1 aromatic carbocycles. The fourth-order valence-electron chi connectivity index (χ4n) is 1.70. The molecule has 0 unspecified atom stereocenters. The second-order valence-electron chi connectivity index (χ2n) is 3.91. The van der Waals surface area contributed by atoms with Crippen LogP contribution >= 0.6 is 23.2 Å². The molecule has 1 saturated carbocycles. The minimum atomic E-state index is -0.526. The predicted octanol–water partition coefficient (Wildman–Crippen LogP) is 3.31. The van der Waals surface area contributed by atoms with E-state index in [-0.39, 0.29) is 16.8 Å². The Hall–Kier alpha value is -0.840. The number of halogens is 2. The van der Waals surface area contributed by atoms with Crippen molar-refractivity contribution < 1.29 is 4.92 Å². The van der Waals surface area contributed by atoms with Crippen LogP contribution in [0.5, 0.6) is 0 Å². The number of rotatable bonds is 3. The molecule has 0 aliphatic heterocycles. The maximum Gasteiger partial charge on any atom is 0.288 e. The highest BCUT2D eigenvalue weighted by molar-refractivity contribution is 6.37. The number of benzene rings is 1. The Labute approximate surface area is 102 Å². The Kier molecular flexibility index (Phi) is 3.06. The van der Waals surface area contributed by atoms with Gasteiger partial charge in [-0.15, -0.1) is 0 Å². The maximum atomic E-state index is 10.7. The smallest absolute Gasteiger partial charge is 0.288 e. The average Bonchev–Trinajstić information content (AvgIpc) is 2.99. The Morgan fingerprint density at radius 2 is 2.06 bits per heavy atom. The number of nitrogens with two attached hydrogens (primary N) is 1. The minimum absolute atomic E-state index is 0.0666. The molecule has 16 heavy (non-hydrogen) atoms. The summed E-state index contributed by atoms with van der Waals surface area (Å²) in [6.45, 7) is 0. The van der Waals surface area contributed by atoms with Crippen molar-refractivity contribution >= 4 is 28.9 Å². The van der Waals surface area contributed by atoms with E-state index < -0.39 is 4.92 Å². The lowest BCUT2D eigenvalue weighted by molar-refractivity contribution is -0.384. The summed E-state index contributed by atoms with van der Waals surface area (Å²) in [4.78, 5) is 10.2. The van der Waals surface area contributed by atoms with E-state index in [0.29, 0.717) is 16.5 Å². The lowest BCUT2D eigenvalue weighted by Gasteiger charge is -2.14. The standard InChI is InChI=1S/C10H10Cl2N2O2/c11-6-3-4-7(14(15)16)9(12)8(6)10(13)5-1-2-5/h3-5,10H,1-2,13H2/t10-/m0/s1. The molecule has 0 amide bonds. The Morgan fingerprint density at radius 3 is 2.56 bits per heavy atom. The van der Waals surface area contributed by atoms with Gasteiger partial charge in [0, 0.05) is 22.7 Å². The van der Waals surface area contributed by atoms with Crippen LogP contribution in [-0.4, -0.2) is 4.92 Å². The van der Waals surface area contributed by atoms with Gasteiger partial charge in [0.2, 0.25) is 0 Å². The molecule has 0 heterocycles. The Bertz CT molecular complexity index is 447. The van der Waals surface area contributed by atoms with E-state index in [1.54, 1.807) is 0 Å². The van der Waals surface area contributed by atoms with Crippen LogP contribution in [0.3, 0.4) is 0 Å². The Balaban J connectivity index is 2.49. The van der Waals surface area contributed by atoms with Crippen molar-refractivity contribution in [1.82, 2.24) is 0 Å². The first-order valence-corrected chi connectivity index (χ1v) is 5.66. The molecule has 1 aromatic rings. The highest BCUT2D eigenvalue weighted by Crippen LogP contribution is 2.45. The second kappa shape index (κ2) is 4.20. The maximum absolute atomic E-state index is 10.7. The summed E-state index contributed by atoms with van der Waals surface area (Å²) in [5.41, 5.74) is 6.34. The van der Waals surface area contributed by atoms with Gasteiger partial charge < -0.3 is 5.73 Å². The molecule has 0 bridgehead atoms. The molecule has 0 saturated heterocycles. The van der Waals surface area contributed by atoms with Gasteiger partial charge in [0.25, 0.3) is 5.69 Å². The summed E-state index contributed by atoms with van der Waals surface area (Å²) < 4.78 is 0. The molecule has 1 atom stereocenters. The second-order valence-corrected chi connectivity index (χ2v) is 4.70. The van der Waals surface area contributed by atoms with Crippen molar-refractivity contribution in [2.75, 3.05) is 0 Å². The summed E-state index contributed by atoms with van der Waals surface area (Å²) >= 11 is 12.0. The molecular formula is C10H10Cl2N2O2. The molecule has 0 radical (unpaired) electrons. The third kappa shape index (κ3) is 2.00. The number of nitrogens with zero attached hydrogens (tertiary/aromatic N) is 1. The van der Waals surface area contributed by atoms with Crippen LogP contribution in [0.15, 0.2) is 12.1 Å². The number of nitro benzene ring substituents is 1. The fourth-order valence-corrected chi connectivity index (χ4v) is 2.39. The topological polar surface area (TPSA) is 69.2 Å². The third-order valence-corrected chi connectivity index (χ3v) is 3.49. The SMILES string of the molecule is N[C@H](c1c(Cl)ccc([N+](=O)[O-])c1Cl)C1CC1. The number of hydrogen-bond acceptors (Lipinski definition) is 3. The first kappa shape index (κ1) is 11.6. The summed E-state index contributed by atoms with van der Waals surface area (Å²) in [7, 11) is 0. The fraction of sp³-hybridized carbons (Fsp3) is 0.400. The van der Waals surface area contributed by atoms with Crippen LogP contribution in [0.1, 0.15) is 24.4 Å². The number of nitro groups is 1. The molecule has 6 heteroatoms. The van der Waals surface area contributed by atoms with Gasteiger partial charge in [0.15, 0.2) is 0 Å². The van der Waals surface area contributed by atoms with Gasteiger partial charge in [-0.1, -0.05) is 23.2 Å². The van der Waals surface area contributed by atoms with Gasteiger partial charge in [-0.25, -0.2) is 0 Å². The first-order chi connectivity index (χ1) is 7.52. The van der Waals surface area contributed by atoms with Crippen LogP contribution in [0.4, 0.5) is 5.69 Å². The summed E-state index contributed by atoms with van der Waals surface area (Å²) in [6, 6.07) is 2.47. The van der Waals surface area contributed by atoms with Crippen LogP contribution in [-0.2, 0) is 0 Å². The van der Waals surface area contributed by atoms with Crippen molar-refractivity contribution in [2.45, 2.75) is 18.9 Å². The molecule has 1 fully saturated rings. The summed E-state index contributed by atoms with van der Waals surface area (Å²) in [5, 5.41) is 11.2. The van der Waals surface area contributed by atoms with Gasteiger partial charge in [-0.05, 0) is 24.8 Å². The zero-order valence-corrected chi connectivity index (χ0v) is 9.83. The molecular weight excluding hydrogens is 251 g/mol. The number of hydrogen-bond donors (Lipinski definition) is 1. The van der Waals surface area contributed by atoms with Crippen LogP contribution in [0.2, 0.25) is 10.0 Å². The van der Waals surface area contributed by atoms with E-state index in [1.165, 1.54) is 12.1 Å². The third-order valence-electron chi connectivity index (χ3n) is 2.77. The van der Waals surface area contributed by atoms with Crippen molar-refractivity contribution in [2.24, 2.45) is 11.7 Å². The van der Waals surface area contributed by atoms with E-state index in [4.69, 9.17) is 28.9 Å². The normalized spacial score (nSPS) is 17.2.